The van der Waals surface area contributed by atoms with Gasteiger partial charge in [0.25, 0.3) is 0 Å². The quantitative estimate of drug-likeness (QED) is 0.717. The van der Waals surface area contributed by atoms with E-state index in [0.717, 1.165) is 6.42 Å². The largest absolute Gasteiger partial charge is 0.395 e. The predicted octanol–water partition coefficient (Wildman–Crippen LogP) is -0.0677. The lowest BCUT2D eigenvalue weighted by Crippen LogP contribution is -2.46. The minimum Gasteiger partial charge on any atom is -0.395 e. The van der Waals surface area contributed by atoms with Crippen molar-refractivity contribution in [2.24, 2.45) is 0 Å². The van der Waals surface area contributed by atoms with Gasteiger partial charge in [-0.2, -0.15) is 4.31 Å². The van der Waals surface area contributed by atoms with Crippen LogP contribution in [0.2, 0.25) is 0 Å². The first-order chi connectivity index (χ1) is 7.44. The number of aliphatic hydroxyl groups excluding tert-OH is 2. The molecule has 0 unspecified atom stereocenters. The van der Waals surface area contributed by atoms with Crippen LogP contribution in [0.1, 0.15) is 33.1 Å². The summed E-state index contributed by atoms with van der Waals surface area (Å²) in [7, 11) is -3.44. The molecule has 0 amide bonds. The Kier molecular flexibility index (Phi) is 4.73. The van der Waals surface area contributed by atoms with Gasteiger partial charge in [-0.3, -0.25) is 0 Å². The summed E-state index contributed by atoms with van der Waals surface area (Å²) in [5.41, 5.74) is 0. The van der Waals surface area contributed by atoms with E-state index in [9.17, 15) is 13.5 Å². The molecule has 1 rings (SSSR count). The van der Waals surface area contributed by atoms with E-state index in [1.807, 2.05) is 13.8 Å². The predicted molar refractivity (Wildman–Crippen MR) is 61.5 cm³/mol. The average molecular weight is 251 g/mol. The van der Waals surface area contributed by atoms with E-state index in [2.05, 4.69) is 0 Å². The maximum atomic E-state index is 11.9. The summed E-state index contributed by atoms with van der Waals surface area (Å²) in [5.74, 6) is -0.260. The lowest BCUT2D eigenvalue weighted by molar-refractivity contribution is 0.0961. The van der Waals surface area contributed by atoms with E-state index in [1.54, 1.807) is 0 Å². The fraction of sp³-hybridized carbons (Fsp3) is 1.00. The highest BCUT2D eigenvalue weighted by Crippen LogP contribution is 2.30. The van der Waals surface area contributed by atoms with Crippen LogP contribution in [-0.4, -0.2) is 53.5 Å². The fourth-order valence-electron chi connectivity index (χ4n) is 2.33. The van der Waals surface area contributed by atoms with Crippen molar-refractivity contribution < 1.29 is 18.6 Å². The smallest absolute Gasteiger partial charge is 0.216 e. The summed E-state index contributed by atoms with van der Waals surface area (Å²) in [6.07, 6.45) is 1.40. The van der Waals surface area contributed by atoms with Crippen LogP contribution >= 0.6 is 0 Å². The molecule has 0 aromatic heterocycles. The van der Waals surface area contributed by atoms with E-state index in [-0.39, 0.29) is 24.4 Å². The second-order valence-electron chi connectivity index (χ2n) is 4.34. The van der Waals surface area contributed by atoms with Crippen LogP contribution < -0.4 is 0 Å². The zero-order valence-electron chi connectivity index (χ0n) is 9.83. The third kappa shape index (κ3) is 2.74. The molecule has 1 fully saturated rings. The lowest BCUT2D eigenvalue weighted by atomic mass is 10.1. The van der Waals surface area contributed by atoms with Gasteiger partial charge < -0.3 is 10.2 Å². The molecule has 0 saturated carbocycles. The summed E-state index contributed by atoms with van der Waals surface area (Å²) >= 11 is 0. The molecule has 16 heavy (non-hydrogen) atoms. The summed E-state index contributed by atoms with van der Waals surface area (Å²) in [4.78, 5) is 0. The zero-order valence-corrected chi connectivity index (χ0v) is 10.7. The van der Waals surface area contributed by atoms with Gasteiger partial charge in [-0.05, 0) is 26.2 Å². The Labute approximate surface area is 97.1 Å². The van der Waals surface area contributed by atoms with Gasteiger partial charge in [-0.1, -0.05) is 6.92 Å². The number of hydrogen-bond donors (Lipinski definition) is 2. The standard InChI is InChI=1S/C10H21NO4S/c1-3-10(13)9-5-4-8(2)11(9)16(14,15)7-6-12/h8-10,12-13H,3-7H2,1-2H3/t8-,9+,10-/m0/s1. The monoisotopic (exact) mass is 251 g/mol. The third-order valence-corrected chi connectivity index (χ3v) is 5.15. The van der Waals surface area contributed by atoms with Crippen molar-refractivity contribution in [3.05, 3.63) is 0 Å². The van der Waals surface area contributed by atoms with Crippen molar-refractivity contribution in [2.75, 3.05) is 12.4 Å². The molecule has 1 saturated heterocycles. The van der Waals surface area contributed by atoms with Crippen LogP contribution in [0.5, 0.6) is 0 Å². The average Bonchev–Trinajstić information content (AvgIpc) is 2.59. The molecule has 0 radical (unpaired) electrons. The van der Waals surface area contributed by atoms with Crippen molar-refractivity contribution in [3.8, 4) is 0 Å². The second-order valence-corrected chi connectivity index (χ2v) is 6.33. The number of rotatable bonds is 5. The molecule has 0 aromatic carbocycles. The van der Waals surface area contributed by atoms with Gasteiger partial charge >= 0.3 is 0 Å². The summed E-state index contributed by atoms with van der Waals surface area (Å²) in [5, 5.41) is 18.6. The van der Waals surface area contributed by atoms with Crippen LogP contribution in [0, 0.1) is 0 Å². The first kappa shape index (κ1) is 13.9. The number of aliphatic hydroxyl groups is 2. The van der Waals surface area contributed by atoms with Crippen molar-refractivity contribution in [1.82, 2.24) is 4.31 Å². The highest BCUT2D eigenvalue weighted by molar-refractivity contribution is 7.89. The normalized spacial score (nSPS) is 29.5. The molecule has 3 atom stereocenters. The number of sulfonamides is 1. The lowest BCUT2D eigenvalue weighted by Gasteiger charge is -2.30. The first-order valence-corrected chi connectivity index (χ1v) is 7.35. The van der Waals surface area contributed by atoms with Crippen molar-refractivity contribution >= 4 is 10.0 Å². The van der Waals surface area contributed by atoms with E-state index < -0.39 is 16.1 Å². The minimum absolute atomic E-state index is 0.0808. The van der Waals surface area contributed by atoms with Crippen LogP contribution in [0.15, 0.2) is 0 Å². The van der Waals surface area contributed by atoms with E-state index in [1.165, 1.54) is 4.31 Å². The van der Waals surface area contributed by atoms with Gasteiger partial charge in [0.1, 0.15) is 0 Å². The summed E-state index contributed by atoms with van der Waals surface area (Å²) < 4.78 is 25.2. The van der Waals surface area contributed by atoms with Crippen molar-refractivity contribution in [3.63, 3.8) is 0 Å². The zero-order chi connectivity index (χ0) is 12.3. The topological polar surface area (TPSA) is 77.8 Å². The molecule has 0 aromatic rings. The summed E-state index contributed by atoms with van der Waals surface area (Å²) in [6, 6.07) is -0.403. The molecule has 1 aliphatic heterocycles. The Morgan fingerprint density at radius 2 is 2.06 bits per heavy atom. The Bertz CT molecular complexity index is 317. The van der Waals surface area contributed by atoms with Crippen LogP contribution in [-0.2, 0) is 10.0 Å². The Balaban J connectivity index is 2.89. The molecule has 96 valence electrons. The number of hydrogen-bond acceptors (Lipinski definition) is 4. The van der Waals surface area contributed by atoms with Crippen LogP contribution in [0.25, 0.3) is 0 Å². The van der Waals surface area contributed by atoms with E-state index >= 15 is 0 Å². The molecule has 0 spiro atoms. The Morgan fingerprint density at radius 3 is 2.56 bits per heavy atom. The first-order valence-electron chi connectivity index (χ1n) is 5.74. The molecule has 2 N–H and O–H groups in total. The third-order valence-electron chi connectivity index (χ3n) is 3.17. The van der Waals surface area contributed by atoms with Gasteiger partial charge in [0.2, 0.25) is 10.0 Å². The maximum Gasteiger partial charge on any atom is 0.216 e. The van der Waals surface area contributed by atoms with Crippen LogP contribution in [0.4, 0.5) is 0 Å². The van der Waals surface area contributed by atoms with Gasteiger partial charge in [-0.25, -0.2) is 8.42 Å². The minimum atomic E-state index is -3.44. The van der Waals surface area contributed by atoms with Gasteiger partial charge in [-0.15, -0.1) is 0 Å². The molecule has 0 aliphatic carbocycles. The van der Waals surface area contributed by atoms with Crippen molar-refractivity contribution in [2.45, 2.75) is 51.3 Å². The molecular formula is C10H21NO4S. The van der Waals surface area contributed by atoms with Gasteiger partial charge in [0, 0.05) is 6.04 Å². The van der Waals surface area contributed by atoms with E-state index in [0.29, 0.717) is 12.8 Å². The molecule has 1 aliphatic rings. The van der Waals surface area contributed by atoms with Crippen LogP contribution in [0.3, 0.4) is 0 Å². The SMILES string of the molecule is CC[C@H](O)[C@H]1CC[C@H](C)N1S(=O)(=O)CCO. The number of nitrogens with zero attached hydrogens (tertiary/aromatic N) is 1. The van der Waals surface area contributed by atoms with Gasteiger partial charge in [0.05, 0.1) is 24.5 Å². The molecule has 5 nitrogen and oxygen atoms in total. The summed E-state index contributed by atoms with van der Waals surface area (Å²) in [6.45, 7) is 3.31. The maximum absolute atomic E-state index is 11.9. The van der Waals surface area contributed by atoms with Crippen molar-refractivity contribution in [1.29, 1.82) is 0 Å². The van der Waals surface area contributed by atoms with Gasteiger partial charge in [0.15, 0.2) is 0 Å². The fourth-order valence-corrected chi connectivity index (χ4v) is 4.08. The Morgan fingerprint density at radius 1 is 1.44 bits per heavy atom. The highest BCUT2D eigenvalue weighted by Gasteiger charge is 2.41. The highest BCUT2D eigenvalue weighted by atomic mass is 32.2. The van der Waals surface area contributed by atoms with E-state index in [4.69, 9.17) is 5.11 Å². The Hall–Kier alpha value is -0.170. The molecular weight excluding hydrogens is 230 g/mol. The molecule has 1 heterocycles. The second kappa shape index (κ2) is 5.44. The molecule has 0 bridgehead atoms. The molecule has 6 heteroatoms.